The van der Waals surface area contributed by atoms with Crippen LogP contribution in [0.2, 0.25) is 0 Å². The highest BCUT2D eigenvalue weighted by atomic mass is 79.9. The fraction of sp³-hybridized carbons (Fsp3) is 0.200. The van der Waals surface area contributed by atoms with Crippen molar-refractivity contribution in [1.29, 1.82) is 0 Å². The van der Waals surface area contributed by atoms with Gasteiger partial charge in [-0.1, -0.05) is 15.9 Å². The molecule has 2 amide bonds. The summed E-state index contributed by atoms with van der Waals surface area (Å²) >= 11 is 3.12. The van der Waals surface area contributed by atoms with Gasteiger partial charge in [-0.05, 0) is 12.1 Å². The first-order chi connectivity index (χ1) is 8.90. The number of carbonyl (C=O) groups is 2. The van der Waals surface area contributed by atoms with Crippen LogP contribution in [0.15, 0.2) is 22.7 Å². The molecule has 1 rings (SSSR count). The SMILES string of the molecule is O=C(O)CNC(=O)NCc1ccc(Br)cc1[N+](=O)[O-]. The average molecular weight is 332 g/mol. The molecule has 9 heteroatoms. The number of carboxylic acids is 1. The van der Waals surface area contributed by atoms with E-state index in [0.717, 1.165) is 0 Å². The number of nitrogens with one attached hydrogen (secondary N) is 2. The van der Waals surface area contributed by atoms with Gasteiger partial charge in [0.2, 0.25) is 0 Å². The van der Waals surface area contributed by atoms with Gasteiger partial charge in [0.25, 0.3) is 5.69 Å². The molecule has 3 N–H and O–H groups in total. The Morgan fingerprint density at radius 2 is 2.05 bits per heavy atom. The molecule has 8 nitrogen and oxygen atoms in total. The maximum absolute atomic E-state index is 11.2. The lowest BCUT2D eigenvalue weighted by molar-refractivity contribution is -0.385. The van der Waals surface area contributed by atoms with Crippen LogP contribution in [0.3, 0.4) is 0 Å². The zero-order valence-corrected chi connectivity index (χ0v) is 11.1. The van der Waals surface area contributed by atoms with Gasteiger partial charge in [0.15, 0.2) is 0 Å². The van der Waals surface area contributed by atoms with E-state index in [0.29, 0.717) is 10.0 Å². The van der Waals surface area contributed by atoms with Gasteiger partial charge in [0, 0.05) is 16.1 Å². The second-order valence-electron chi connectivity index (χ2n) is 3.46. The molecule has 0 atom stereocenters. The third kappa shape index (κ3) is 4.92. The van der Waals surface area contributed by atoms with Gasteiger partial charge in [-0.25, -0.2) is 4.79 Å². The summed E-state index contributed by atoms with van der Waals surface area (Å²) in [6, 6.07) is 3.73. The number of rotatable bonds is 5. The quantitative estimate of drug-likeness (QED) is 0.553. The number of urea groups is 1. The average Bonchev–Trinajstić information content (AvgIpc) is 2.34. The predicted molar refractivity (Wildman–Crippen MR) is 68.7 cm³/mol. The second-order valence-corrected chi connectivity index (χ2v) is 4.38. The number of amides is 2. The van der Waals surface area contributed by atoms with Crippen LogP contribution in [-0.2, 0) is 11.3 Å². The van der Waals surface area contributed by atoms with Crippen molar-refractivity contribution in [3.63, 3.8) is 0 Å². The third-order valence-corrected chi connectivity index (χ3v) is 2.58. The molecule has 0 fully saturated rings. The Hall–Kier alpha value is -2.16. The summed E-state index contributed by atoms with van der Waals surface area (Å²) in [4.78, 5) is 31.7. The highest BCUT2D eigenvalue weighted by Gasteiger charge is 2.14. The monoisotopic (exact) mass is 331 g/mol. The molecule has 1 aromatic carbocycles. The first-order valence-corrected chi connectivity index (χ1v) is 5.85. The van der Waals surface area contributed by atoms with Gasteiger partial charge < -0.3 is 15.7 Å². The lowest BCUT2D eigenvalue weighted by Crippen LogP contribution is -2.38. The van der Waals surface area contributed by atoms with Crippen molar-refractivity contribution >= 4 is 33.6 Å². The molecule has 0 heterocycles. The Labute approximate surface area is 116 Å². The minimum atomic E-state index is -1.18. The molecule has 0 saturated carbocycles. The Balaban J connectivity index is 2.65. The number of carboxylic acid groups (broad SMARTS) is 1. The highest BCUT2D eigenvalue weighted by molar-refractivity contribution is 9.10. The minimum absolute atomic E-state index is 0.0744. The molecule has 0 spiro atoms. The van der Waals surface area contributed by atoms with E-state index in [2.05, 4.69) is 26.6 Å². The summed E-state index contributed by atoms with van der Waals surface area (Å²) in [5.41, 5.74) is 0.187. The first-order valence-electron chi connectivity index (χ1n) is 5.06. The second kappa shape index (κ2) is 6.69. The van der Waals surface area contributed by atoms with Crippen molar-refractivity contribution in [3.05, 3.63) is 38.3 Å². The number of hydrogen-bond donors (Lipinski definition) is 3. The van der Waals surface area contributed by atoms with E-state index < -0.39 is 23.5 Å². The molecule has 0 saturated heterocycles. The molecule has 102 valence electrons. The van der Waals surface area contributed by atoms with E-state index in [4.69, 9.17) is 5.11 Å². The van der Waals surface area contributed by atoms with E-state index in [1.54, 1.807) is 6.07 Å². The number of nitro benzene ring substituents is 1. The number of benzene rings is 1. The molecule has 0 aliphatic heterocycles. The zero-order valence-electron chi connectivity index (χ0n) is 9.55. The summed E-state index contributed by atoms with van der Waals surface area (Å²) in [5, 5.41) is 23.6. The lowest BCUT2D eigenvalue weighted by Gasteiger charge is -2.06. The smallest absolute Gasteiger partial charge is 0.323 e. The van der Waals surface area contributed by atoms with Crippen LogP contribution in [-0.4, -0.2) is 28.6 Å². The molecule has 0 aromatic heterocycles. The van der Waals surface area contributed by atoms with Gasteiger partial charge in [0.1, 0.15) is 6.54 Å². The molecule has 0 aliphatic rings. The van der Waals surface area contributed by atoms with Crippen molar-refractivity contribution < 1.29 is 19.6 Å². The molecule has 0 unspecified atom stereocenters. The van der Waals surface area contributed by atoms with Gasteiger partial charge in [-0.2, -0.15) is 0 Å². The number of carbonyl (C=O) groups excluding carboxylic acids is 1. The Morgan fingerprint density at radius 3 is 2.63 bits per heavy atom. The summed E-state index contributed by atoms with van der Waals surface area (Å²) < 4.78 is 0.554. The fourth-order valence-electron chi connectivity index (χ4n) is 1.25. The molecule has 0 radical (unpaired) electrons. The molecular formula is C10H10BrN3O5. The number of hydrogen-bond acceptors (Lipinski definition) is 4. The maximum Gasteiger partial charge on any atom is 0.323 e. The van der Waals surface area contributed by atoms with Crippen LogP contribution < -0.4 is 10.6 Å². The van der Waals surface area contributed by atoms with Crippen LogP contribution in [0.25, 0.3) is 0 Å². The van der Waals surface area contributed by atoms with Gasteiger partial charge in [0.05, 0.1) is 11.5 Å². The fourth-order valence-corrected chi connectivity index (χ4v) is 1.60. The van der Waals surface area contributed by atoms with Gasteiger partial charge in [-0.15, -0.1) is 0 Å². The lowest BCUT2D eigenvalue weighted by atomic mass is 10.2. The van der Waals surface area contributed by atoms with E-state index in [1.807, 2.05) is 0 Å². The largest absolute Gasteiger partial charge is 0.480 e. The molecule has 0 aliphatic carbocycles. The molecule has 0 bridgehead atoms. The highest BCUT2D eigenvalue weighted by Crippen LogP contribution is 2.23. The van der Waals surface area contributed by atoms with Crippen molar-refractivity contribution in [3.8, 4) is 0 Å². The molecule has 1 aromatic rings. The normalized spacial score (nSPS) is 9.74. The van der Waals surface area contributed by atoms with Crippen LogP contribution >= 0.6 is 15.9 Å². The van der Waals surface area contributed by atoms with Crippen molar-refractivity contribution in [2.24, 2.45) is 0 Å². The van der Waals surface area contributed by atoms with Gasteiger partial charge >= 0.3 is 12.0 Å². The van der Waals surface area contributed by atoms with E-state index in [9.17, 15) is 19.7 Å². The number of nitro groups is 1. The first kappa shape index (κ1) is 14.9. The van der Waals surface area contributed by atoms with Crippen molar-refractivity contribution in [1.82, 2.24) is 10.6 Å². The predicted octanol–water partition coefficient (Wildman–Crippen LogP) is 1.24. The Kier molecular flexibility index (Phi) is 5.24. The van der Waals surface area contributed by atoms with E-state index >= 15 is 0 Å². The van der Waals surface area contributed by atoms with E-state index in [1.165, 1.54) is 12.1 Å². The summed E-state index contributed by atoms with van der Waals surface area (Å²) in [6.07, 6.45) is 0. The van der Waals surface area contributed by atoms with Crippen LogP contribution in [0.4, 0.5) is 10.5 Å². The number of halogens is 1. The van der Waals surface area contributed by atoms with Crippen LogP contribution in [0.5, 0.6) is 0 Å². The molecular weight excluding hydrogens is 322 g/mol. The van der Waals surface area contributed by atoms with E-state index in [-0.39, 0.29) is 12.2 Å². The van der Waals surface area contributed by atoms with Crippen molar-refractivity contribution in [2.75, 3.05) is 6.54 Å². The topological polar surface area (TPSA) is 122 Å². The Bertz CT molecular complexity index is 520. The number of aliphatic carboxylic acids is 1. The molecule has 19 heavy (non-hydrogen) atoms. The zero-order chi connectivity index (χ0) is 14.4. The summed E-state index contributed by atoms with van der Waals surface area (Å²) in [5.74, 6) is -1.18. The minimum Gasteiger partial charge on any atom is -0.480 e. The van der Waals surface area contributed by atoms with Crippen LogP contribution in [0.1, 0.15) is 5.56 Å². The van der Waals surface area contributed by atoms with Gasteiger partial charge in [-0.3, -0.25) is 14.9 Å². The maximum atomic E-state index is 11.2. The number of nitrogens with zero attached hydrogens (tertiary/aromatic N) is 1. The third-order valence-electron chi connectivity index (χ3n) is 2.08. The summed E-state index contributed by atoms with van der Waals surface area (Å²) in [7, 11) is 0. The van der Waals surface area contributed by atoms with Crippen molar-refractivity contribution in [2.45, 2.75) is 6.54 Å². The Morgan fingerprint density at radius 1 is 1.37 bits per heavy atom. The standard InChI is InChI=1S/C10H10BrN3O5/c11-7-2-1-6(8(3-7)14(18)19)4-12-10(17)13-5-9(15)16/h1-3H,4-5H2,(H,15,16)(H2,12,13,17). The van der Waals surface area contributed by atoms with Crippen LogP contribution in [0, 0.1) is 10.1 Å². The summed E-state index contributed by atoms with van der Waals surface area (Å²) in [6.45, 7) is -0.594.